The van der Waals surface area contributed by atoms with E-state index in [0.29, 0.717) is 54.8 Å². The highest BCUT2D eigenvalue weighted by atomic mass is 35.5. The van der Waals surface area contributed by atoms with E-state index in [2.05, 4.69) is 21.3 Å². The summed E-state index contributed by atoms with van der Waals surface area (Å²) in [6.45, 7) is 0. The molecule has 0 aliphatic carbocycles. The minimum absolute atomic E-state index is 0.111. The second-order valence-corrected chi connectivity index (χ2v) is 9.21. The number of hydrogen-bond donors (Lipinski definition) is 4. The average Bonchev–Trinajstić information content (AvgIpc) is 2.75. The van der Waals surface area contributed by atoms with Gasteiger partial charge in [0.1, 0.15) is 0 Å². The quantitative estimate of drug-likeness (QED) is 0.219. The molecule has 3 rings (SSSR count). The Morgan fingerprint density at radius 2 is 0.972 bits per heavy atom. The van der Waals surface area contributed by atoms with E-state index in [0.717, 1.165) is 0 Å². The molecule has 0 aromatic heterocycles. The lowest BCUT2D eigenvalue weighted by molar-refractivity contribution is -0.140. The SMILES string of the molecule is COC(=O)CCc1cc(NC(=O)Nc2cc(Cl)cc(Cl)c2)cc(NC(=O)Nc2cc(Cl)cc(Cl)c2)c1. The van der Waals surface area contributed by atoms with Crippen LogP contribution in [0.4, 0.5) is 32.3 Å². The number of nitrogens with one attached hydrogen (secondary N) is 4. The first-order valence-corrected chi connectivity index (χ1v) is 11.9. The number of urea groups is 2. The van der Waals surface area contributed by atoms with Crippen molar-refractivity contribution >= 4 is 87.2 Å². The Labute approximate surface area is 227 Å². The van der Waals surface area contributed by atoms with Crippen LogP contribution in [0.5, 0.6) is 0 Å². The molecule has 0 unspecified atom stereocenters. The number of esters is 1. The molecule has 0 aliphatic rings. The van der Waals surface area contributed by atoms with Crippen LogP contribution in [0.3, 0.4) is 0 Å². The zero-order valence-corrected chi connectivity index (χ0v) is 21.8. The lowest BCUT2D eigenvalue weighted by Crippen LogP contribution is -2.21. The van der Waals surface area contributed by atoms with Crippen LogP contribution in [0.2, 0.25) is 20.1 Å². The van der Waals surface area contributed by atoms with Gasteiger partial charge in [-0.05, 0) is 66.6 Å². The van der Waals surface area contributed by atoms with Crippen LogP contribution in [0.15, 0.2) is 54.6 Å². The number of benzene rings is 3. The Balaban J connectivity index is 1.77. The normalized spacial score (nSPS) is 10.4. The van der Waals surface area contributed by atoms with Gasteiger partial charge in [0, 0.05) is 49.3 Å². The third-order valence-corrected chi connectivity index (χ3v) is 5.47. The smallest absolute Gasteiger partial charge is 0.323 e. The van der Waals surface area contributed by atoms with Crippen LogP contribution < -0.4 is 21.3 Å². The number of carbonyl (C=O) groups excluding carboxylic acids is 3. The minimum atomic E-state index is -0.567. The average molecular weight is 570 g/mol. The second kappa shape index (κ2) is 12.7. The van der Waals surface area contributed by atoms with E-state index in [1.54, 1.807) is 42.5 Å². The van der Waals surface area contributed by atoms with Crippen molar-refractivity contribution in [2.45, 2.75) is 12.8 Å². The Morgan fingerprint density at radius 1 is 0.611 bits per heavy atom. The molecule has 188 valence electrons. The van der Waals surface area contributed by atoms with Crippen molar-refractivity contribution in [1.82, 2.24) is 0 Å². The van der Waals surface area contributed by atoms with Crippen molar-refractivity contribution in [1.29, 1.82) is 0 Å². The van der Waals surface area contributed by atoms with Gasteiger partial charge in [-0.1, -0.05) is 46.4 Å². The summed E-state index contributed by atoms with van der Waals surface area (Å²) >= 11 is 23.9. The standard InChI is InChI=1S/C24H20Cl4N4O4/c1-36-22(33)3-2-13-4-18(29-23(34)31-20-8-14(25)6-15(26)9-20)12-19(5-13)30-24(35)32-21-10-16(27)7-17(28)11-21/h4-12H,2-3H2,1H3,(H2,29,31,34)(H2,30,32,35). The highest BCUT2D eigenvalue weighted by Crippen LogP contribution is 2.25. The third kappa shape index (κ3) is 8.80. The van der Waals surface area contributed by atoms with Crippen LogP contribution in [-0.4, -0.2) is 25.1 Å². The molecule has 12 heteroatoms. The van der Waals surface area contributed by atoms with E-state index < -0.39 is 18.0 Å². The molecule has 4 amide bonds. The molecule has 0 fully saturated rings. The van der Waals surface area contributed by atoms with E-state index in [9.17, 15) is 14.4 Å². The van der Waals surface area contributed by atoms with Gasteiger partial charge in [-0.15, -0.1) is 0 Å². The fourth-order valence-electron chi connectivity index (χ4n) is 3.17. The van der Waals surface area contributed by atoms with Gasteiger partial charge in [-0.2, -0.15) is 0 Å². The fraction of sp³-hybridized carbons (Fsp3) is 0.125. The largest absolute Gasteiger partial charge is 0.469 e. The third-order valence-electron chi connectivity index (χ3n) is 4.59. The number of aryl methyl sites for hydroxylation is 1. The summed E-state index contributed by atoms with van der Waals surface area (Å²) in [6, 6.07) is 13.0. The zero-order chi connectivity index (χ0) is 26.2. The predicted octanol–water partition coefficient (Wildman–Crippen LogP) is 7.69. The van der Waals surface area contributed by atoms with E-state index in [1.807, 2.05) is 0 Å². The molecule has 0 spiro atoms. The summed E-state index contributed by atoms with van der Waals surface area (Å²) in [5.74, 6) is -0.394. The maximum Gasteiger partial charge on any atom is 0.323 e. The molecule has 0 saturated carbocycles. The molecule has 0 aliphatic heterocycles. The fourth-order valence-corrected chi connectivity index (χ4v) is 4.22. The molecule has 3 aromatic carbocycles. The Bertz CT molecular complexity index is 1180. The topological polar surface area (TPSA) is 109 Å². The van der Waals surface area contributed by atoms with E-state index in [1.165, 1.54) is 19.2 Å². The molecule has 0 atom stereocenters. The predicted molar refractivity (Wildman–Crippen MR) is 145 cm³/mol. The van der Waals surface area contributed by atoms with Gasteiger partial charge in [0.15, 0.2) is 0 Å². The first-order valence-electron chi connectivity index (χ1n) is 10.4. The van der Waals surface area contributed by atoms with E-state index in [-0.39, 0.29) is 6.42 Å². The molecule has 36 heavy (non-hydrogen) atoms. The van der Waals surface area contributed by atoms with Gasteiger partial charge in [-0.25, -0.2) is 9.59 Å². The van der Waals surface area contributed by atoms with Crippen LogP contribution in [0, 0.1) is 0 Å². The number of hydrogen-bond acceptors (Lipinski definition) is 4. The highest BCUT2D eigenvalue weighted by molar-refractivity contribution is 6.35. The number of anilines is 4. The van der Waals surface area contributed by atoms with E-state index >= 15 is 0 Å². The lowest BCUT2D eigenvalue weighted by Gasteiger charge is -2.14. The zero-order valence-electron chi connectivity index (χ0n) is 18.8. The Hall–Kier alpha value is -3.17. The molecule has 0 radical (unpaired) electrons. The lowest BCUT2D eigenvalue weighted by atomic mass is 10.1. The van der Waals surface area contributed by atoms with Crippen molar-refractivity contribution in [2.75, 3.05) is 28.4 Å². The summed E-state index contributed by atoms with van der Waals surface area (Å²) in [4.78, 5) is 36.7. The molecule has 8 nitrogen and oxygen atoms in total. The summed E-state index contributed by atoms with van der Waals surface area (Å²) in [5, 5.41) is 12.1. The number of amides is 4. The summed E-state index contributed by atoms with van der Waals surface area (Å²) in [6.07, 6.45) is 0.424. The summed E-state index contributed by atoms with van der Waals surface area (Å²) in [5.41, 5.74) is 2.19. The van der Waals surface area contributed by atoms with Crippen LogP contribution in [0.25, 0.3) is 0 Å². The monoisotopic (exact) mass is 568 g/mol. The van der Waals surface area contributed by atoms with Crippen molar-refractivity contribution < 1.29 is 19.1 Å². The van der Waals surface area contributed by atoms with Crippen molar-refractivity contribution in [3.63, 3.8) is 0 Å². The van der Waals surface area contributed by atoms with Crippen molar-refractivity contribution in [2.24, 2.45) is 0 Å². The molecule has 4 N–H and O–H groups in total. The second-order valence-electron chi connectivity index (χ2n) is 7.47. The van der Waals surface area contributed by atoms with Crippen LogP contribution in [0.1, 0.15) is 12.0 Å². The summed E-state index contributed by atoms with van der Waals surface area (Å²) in [7, 11) is 1.30. The minimum Gasteiger partial charge on any atom is -0.469 e. The number of ether oxygens (including phenoxy) is 1. The molecule has 0 bridgehead atoms. The Kier molecular flexibility index (Phi) is 9.66. The van der Waals surface area contributed by atoms with Gasteiger partial charge >= 0.3 is 18.0 Å². The number of rotatable bonds is 7. The van der Waals surface area contributed by atoms with Crippen molar-refractivity contribution in [3.05, 3.63) is 80.3 Å². The van der Waals surface area contributed by atoms with Gasteiger partial charge in [0.2, 0.25) is 0 Å². The van der Waals surface area contributed by atoms with E-state index in [4.69, 9.17) is 51.1 Å². The number of carbonyl (C=O) groups is 3. The van der Waals surface area contributed by atoms with Crippen molar-refractivity contribution in [3.8, 4) is 0 Å². The number of methoxy groups -OCH3 is 1. The van der Waals surface area contributed by atoms with Crippen LogP contribution in [-0.2, 0) is 16.0 Å². The molecule has 3 aromatic rings. The van der Waals surface area contributed by atoms with Crippen LogP contribution >= 0.6 is 46.4 Å². The Morgan fingerprint density at radius 3 is 1.33 bits per heavy atom. The molecule has 0 saturated heterocycles. The first kappa shape index (κ1) is 27.4. The summed E-state index contributed by atoms with van der Waals surface area (Å²) < 4.78 is 4.69. The van der Waals surface area contributed by atoms with Gasteiger partial charge in [0.25, 0.3) is 0 Å². The van der Waals surface area contributed by atoms with Gasteiger partial charge < -0.3 is 26.0 Å². The molecular weight excluding hydrogens is 550 g/mol. The molecular formula is C24H20Cl4N4O4. The maximum absolute atomic E-state index is 12.6. The maximum atomic E-state index is 12.6. The first-order chi connectivity index (χ1) is 17.1. The molecule has 0 heterocycles. The number of halogens is 4. The van der Waals surface area contributed by atoms with Gasteiger partial charge in [0.05, 0.1) is 7.11 Å². The highest BCUT2D eigenvalue weighted by Gasteiger charge is 2.11. The van der Waals surface area contributed by atoms with Gasteiger partial charge in [-0.3, -0.25) is 4.79 Å².